The molecule has 1 heterocycles. The molecule has 0 bridgehead atoms. The molecule has 0 saturated carbocycles. The molecule has 0 saturated heterocycles. The maximum Gasteiger partial charge on any atom is 0.435 e. The number of aromatic nitrogens is 2. The fourth-order valence-electron chi connectivity index (χ4n) is 2.80. The van der Waals surface area contributed by atoms with Crippen LogP contribution in [-0.4, -0.2) is 22.7 Å². The molecule has 0 spiro atoms. The Morgan fingerprint density at radius 1 is 1.32 bits per heavy atom. The fraction of sp³-hybridized carbons (Fsp3) is 0.333. The molecule has 3 rings (SSSR count). The zero-order chi connectivity index (χ0) is 16.1. The third-order valence-corrected chi connectivity index (χ3v) is 3.93. The molecule has 1 aliphatic carbocycles. The van der Waals surface area contributed by atoms with Crippen LogP contribution in [0.25, 0.3) is 0 Å². The standard InChI is InChI=1S/C15H14F3N3O/c1-9-8-21(19-14(9)15(16,17)18)20(2)12-7-13(22)11-6-4-3-5-10(11)12/h3-6,8,12H,7H2,1-2H3. The molecule has 0 radical (unpaired) electrons. The van der Waals surface area contributed by atoms with Crippen LogP contribution in [0.4, 0.5) is 13.2 Å². The van der Waals surface area contributed by atoms with E-state index in [2.05, 4.69) is 5.10 Å². The summed E-state index contributed by atoms with van der Waals surface area (Å²) in [7, 11) is 1.63. The molecule has 7 heteroatoms. The van der Waals surface area contributed by atoms with Gasteiger partial charge in [-0.3, -0.25) is 9.80 Å². The predicted octanol–water partition coefficient (Wildman–Crippen LogP) is 3.11. The highest BCUT2D eigenvalue weighted by Gasteiger charge is 2.38. The van der Waals surface area contributed by atoms with Crippen LogP contribution >= 0.6 is 0 Å². The first-order valence-corrected chi connectivity index (χ1v) is 6.77. The van der Waals surface area contributed by atoms with Crippen LogP contribution in [0, 0.1) is 6.92 Å². The van der Waals surface area contributed by atoms with Gasteiger partial charge in [-0.2, -0.15) is 18.0 Å². The molecule has 0 aliphatic heterocycles. The van der Waals surface area contributed by atoms with Crippen molar-refractivity contribution in [3.8, 4) is 0 Å². The van der Waals surface area contributed by atoms with Crippen molar-refractivity contribution in [3.63, 3.8) is 0 Å². The summed E-state index contributed by atoms with van der Waals surface area (Å²) in [5.41, 5.74) is 0.588. The van der Waals surface area contributed by atoms with Crippen LogP contribution in [0.15, 0.2) is 30.5 Å². The summed E-state index contributed by atoms with van der Waals surface area (Å²) < 4.78 is 38.6. The molecule has 1 unspecified atom stereocenters. The van der Waals surface area contributed by atoms with E-state index in [-0.39, 0.29) is 23.8 Å². The molecule has 1 aromatic carbocycles. The minimum Gasteiger partial charge on any atom is -0.294 e. The van der Waals surface area contributed by atoms with Crippen molar-refractivity contribution < 1.29 is 18.0 Å². The van der Waals surface area contributed by atoms with Crippen molar-refractivity contribution in [2.24, 2.45) is 0 Å². The van der Waals surface area contributed by atoms with E-state index in [4.69, 9.17) is 0 Å². The number of alkyl halides is 3. The van der Waals surface area contributed by atoms with Gasteiger partial charge >= 0.3 is 6.18 Å². The van der Waals surface area contributed by atoms with Crippen LogP contribution in [0.1, 0.15) is 39.6 Å². The number of nitrogens with zero attached hydrogens (tertiary/aromatic N) is 3. The lowest BCUT2D eigenvalue weighted by Gasteiger charge is -2.26. The van der Waals surface area contributed by atoms with Crippen LogP contribution in [0.2, 0.25) is 0 Å². The molecular formula is C15H14F3N3O. The lowest BCUT2D eigenvalue weighted by Crippen LogP contribution is -2.34. The number of hydrogen-bond acceptors (Lipinski definition) is 3. The van der Waals surface area contributed by atoms with Crippen molar-refractivity contribution in [1.82, 2.24) is 9.89 Å². The van der Waals surface area contributed by atoms with Gasteiger partial charge in [0, 0.05) is 24.6 Å². The Morgan fingerprint density at radius 2 is 2.00 bits per heavy atom. The average Bonchev–Trinajstić information content (AvgIpc) is 3.00. The zero-order valence-electron chi connectivity index (χ0n) is 12.1. The molecule has 0 amide bonds. The third kappa shape index (κ3) is 2.26. The van der Waals surface area contributed by atoms with Crippen molar-refractivity contribution in [2.45, 2.75) is 25.6 Å². The smallest absolute Gasteiger partial charge is 0.294 e. The lowest BCUT2D eigenvalue weighted by atomic mass is 10.1. The van der Waals surface area contributed by atoms with Crippen molar-refractivity contribution in [3.05, 3.63) is 52.8 Å². The van der Waals surface area contributed by atoms with Crippen LogP contribution in [0.3, 0.4) is 0 Å². The lowest BCUT2D eigenvalue weighted by molar-refractivity contribution is -0.141. The van der Waals surface area contributed by atoms with Crippen LogP contribution < -0.4 is 5.01 Å². The highest BCUT2D eigenvalue weighted by molar-refractivity contribution is 6.01. The largest absolute Gasteiger partial charge is 0.435 e. The molecular weight excluding hydrogens is 295 g/mol. The Balaban J connectivity index is 1.96. The van der Waals surface area contributed by atoms with E-state index in [0.717, 1.165) is 10.4 Å². The van der Waals surface area contributed by atoms with Crippen LogP contribution in [0.5, 0.6) is 0 Å². The second-order valence-corrected chi connectivity index (χ2v) is 5.38. The Morgan fingerprint density at radius 3 is 2.64 bits per heavy atom. The summed E-state index contributed by atoms with van der Waals surface area (Å²) in [6.45, 7) is 1.37. The molecule has 22 heavy (non-hydrogen) atoms. The molecule has 0 N–H and O–H groups in total. The van der Waals surface area contributed by atoms with Gasteiger partial charge in [0.2, 0.25) is 0 Å². The molecule has 116 valence electrons. The van der Waals surface area contributed by atoms with E-state index >= 15 is 0 Å². The molecule has 4 nitrogen and oxygen atoms in total. The highest BCUT2D eigenvalue weighted by Crippen LogP contribution is 2.35. The number of ketones is 1. The van der Waals surface area contributed by atoms with Gasteiger partial charge in [0.25, 0.3) is 0 Å². The maximum absolute atomic E-state index is 12.9. The van der Waals surface area contributed by atoms with E-state index in [1.54, 1.807) is 24.2 Å². The fourth-order valence-corrected chi connectivity index (χ4v) is 2.80. The summed E-state index contributed by atoms with van der Waals surface area (Å²) in [6.07, 6.45) is -2.93. The van der Waals surface area contributed by atoms with E-state index < -0.39 is 11.9 Å². The van der Waals surface area contributed by atoms with E-state index in [1.165, 1.54) is 13.1 Å². The predicted molar refractivity (Wildman–Crippen MR) is 74.2 cm³/mol. The number of benzene rings is 1. The van der Waals surface area contributed by atoms with E-state index in [0.29, 0.717) is 5.56 Å². The first-order valence-electron chi connectivity index (χ1n) is 6.77. The first kappa shape index (κ1) is 14.6. The summed E-state index contributed by atoms with van der Waals surface area (Å²) in [4.78, 5) is 13.2. The number of fused-ring (bicyclic) bond motifs is 1. The van der Waals surface area contributed by atoms with Gasteiger partial charge in [-0.25, -0.2) is 0 Å². The molecule has 1 aromatic heterocycles. The second-order valence-electron chi connectivity index (χ2n) is 5.38. The van der Waals surface area contributed by atoms with Gasteiger partial charge < -0.3 is 0 Å². The van der Waals surface area contributed by atoms with Crippen molar-refractivity contribution in [1.29, 1.82) is 0 Å². The van der Waals surface area contributed by atoms with Gasteiger partial charge in [-0.05, 0) is 12.5 Å². The Hall–Kier alpha value is -2.31. The maximum atomic E-state index is 12.9. The number of carbonyl (C=O) groups excluding carboxylic acids is 1. The summed E-state index contributed by atoms with van der Waals surface area (Å²) in [5, 5.41) is 5.19. The highest BCUT2D eigenvalue weighted by atomic mass is 19.4. The quantitative estimate of drug-likeness (QED) is 0.855. The summed E-state index contributed by atoms with van der Waals surface area (Å²) in [6, 6.07) is 6.83. The van der Waals surface area contributed by atoms with Crippen molar-refractivity contribution >= 4 is 5.78 Å². The van der Waals surface area contributed by atoms with Crippen LogP contribution in [-0.2, 0) is 6.18 Å². The van der Waals surface area contributed by atoms with Gasteiger partial charge in [-0.1, -0.05) is 24.3 Å². The Kier molecular flexibility index (Phi) is 3.23. The second kappa shape index (κ2) is 4.86. The van der Waals surface area contributed by atoms with E-state index in [1.807, 2.05) is 12.1 Å². The summed E-state index contributed by atoms with van der Waals surface area (Å²) in [5.74, 6) is -0.00706. The van der Waals surface area contributed by atoms with Gasteiger partial charge in [0.15, 0.2) is 11.5 Å². The minimum absolute atomic E-state index is 0.00706. The Labute approximate surface area is 125 Å². The molecule has 0 fully saturated rings. The Bertz CT molecular complexity index is 736. The zero-order valence-corrected chi connectivity index (χ0v) is 12.1. The van der Waals surface area contributed by atoms with Crippen molar-refractivity contribution in [2.75, 3.05) is 12.1 Å². The molecule has 2 aromatic rings. The van der Waals surface area contributed by atoms with Gasteiger partial charge in [0.05, 0.1) is 12.2 Å². The van der Waals surface area contributed by atoms with E-state index in [9.17, 15) is 18.0 Å². The molecule has 1 aliphatic rings. The first-order chi connectivity index (χ1) is 10.3. The topological polar surface area (TPSA) is 38.1 Å². The number of rotatable bonds is 2. The number of carbonyl (C=O) groups is 1. The number of hydrogen-bond donors (Lipinski definition) is 0. The SMILES string of the molecule is Cc1cn(N(C)C2CC(=O)c3ccccc32)nc1C(F)(F)F. The minimum atomic E-state index is -4.49. The number of aryl methyl sites for hydroxylation is 1. The normalized spacial score (nSPS) is 17.7. The monoisotopic (exact) mass is 309 g/mol. The molecule has 1 atom stereocenters. The average molecular weight is 309 g/mol. The van der Waals surface area contributed by atoms with Gasteiger partial charge in [-0.15, -0.1) is 5.10 Å². The van der Waals surface area contributed by atoms with Gasteiger partial charge in [0.1, 0.15) is 0 Å². The third-order valence-electron chi connectivity index (χ3n) is 3.93. The number of halogens is 3. The summed E-state index contributed by atoms with van der Waals surface area (Å²) >= 11 is 0. The number of Topliss-reactive ketones (excluding diaryl/α,β-unsaturated/α-hetero) is 1.